The van der Waals surface area contributed by atoms with Crippen molar-refractivity contribution < 1.29 is 14.3 Å². The van der Waals surface area contributed by atoms with Crippen molar-refractivity contribution in [2.24, 2.45) is 0 Å². The third kappa shape index (κ3) is 5.56. The SMILES string of the molecule is CCCCOc1nc(N)c2c(n1)N(CCCCCCC1CCCCO1)C(=O)C2. The maximum Gasteiger partial charge on any atom is 0.320 e. The summed E-state index contributed by atoms with van der Waals surface area (Å²) in [7, 11) is 0. The van der Waals surface area contributed by atoms with E-state index in [4.69, 9.17) is 15.2 Å². The molecule has 0 spiro atoms. The van der Waals surface area contributed by atoms with E-state index in [9.17, 15) is 4.79 Å². The number of hydrogen-bond donors (Lipinski definition) is 1. The van der Waals surface area contributed by atoms with E-state index in [1.807, 2.05) is 0 Å². The summed E-state index contributed by atoms with van der Waals surface area (Å²) >= 11 is 0. The molecule has 1 unspecified atom stereocenters. The summed E-state index contributed by atoms with van der Waals surface area (Å²) in [5.41, 5.74) is 6.78. The minimum absolute atomic E-state index is 0.0531. The van der Waals surface area contributed by atoms with E-state index >= 15 is 0 Å². The lowest BCUT2D eigenvalue weighted by molar-refractivity contribution is -0.117. The zero-order chi connectivity index (χ0) is 19.8. The van der Waals surface area contributed by atoms with E-state index in [2.05, 4.69) is 16.9 Å². The highest BCUT2D eigenvalue weighted by atomic mass is 16.5. The molecule has 1 fully saturated rings. The molecule has 7 nitrogen and oxygen atoms in total. The van der Waals surface area contributed by atoms with E-state index < -0.39 is 0 Å². The molecule has 2 aliphatic heterocycles. The number of nitrogens with zero attached hydrogens (tertiary/aromatic N) is 3. The molecule has 0 bridgehead atoms. The Morgan fingerprint density at radius 2 is 2.04 bits per heavy atom. The summed E-state index contributed by atoms with van der Waals surface area (Å²) in [6.45, 7) is 4.27. The molecule has 2 N–H and O–H groups in total. The minimum atomic E-state index is 0.0531. The number of ether oxygens (including phenoxy) is 2. The average molecular weight is 391 g/mol. The number of fused-ring (bicyclic) bond motifs is 1. The molecule has 0 saturated carbocycles. The molecule has 1 atom stereocenters. The van der Waals surface area contributed by atoms with Crippen molar-refractivity contribution in [1.29, 1.82) is 0 Å². The van der Waals surface area contributed by atoms with Gasteiger partial charge in [0.1, 0.15) is 11.6 Å². The number of carbonyl (C=O) groups is 1. The van der Waals surface area contributed by atoms with Crippen molar-refractivity contribution in [2.45, 2.75) is 83.7 Å². The number of aromatic nitrogens is 2. The molecule has 156 valence electrons. The molecule has 0 radical (unpaired) electrons. The quantitative estimate of drug-likeness (QED) is 0.580. The molecule has 3 heterocycles. The molecule has 3 rings (SSSR count). The second kappa shape index (κ2) is 10.6. The summed E-state index contributed by atoms with van der Waals surface area (Å²) in [4.78, 5) is 22.9. The van der Waals surface area contributed by atoms with E-state index in [0.717, 1.165) is 44.3 Å². The number of nitrogen functional groups attached to an aromatic ring is 1. The number of anilines is 2. The lowest BCUT2D eigenvalue weighted by Crippen LogP contribution is -2.28. The Balaban J connectivity index is 1.45. The maximum atomic E-state index is 12.4. The van der Waals surface area contributed by atoms with Crippen LogP contribution in [0.15, 0.2) is 0 Å². The van der Waals surface area contributed by atoms with Gasteiger partial charge in [-0.3, -0.25) is 9.69 Å². The fourth-order valence-corrected chi connectivity index (χ4v) is 3.86. The first-order valence-corrected chi connectivity index (χ1v) is 10.9. The summed E-state index contributed by atoms with van der Waals surface area (Å²) in [5, 5.41) is 0. The summed E-state index contributed by atoms with van der Waals surface area (Å²) in [6, 6.07) is 0.275. The van der Waals surface area contributed by atoms with Crippen LogP contribution in [0.5, 0.6) is 6.01 Å². The predicted octanol–water partition coefficient (Wildman–Crippen LogP) is 3.65. The van der Waals surface area contributed by atoms with Gasteiger partial charge in [0.2, 0.25) is 5.91 Å². The van der Waals surface area contributed by atoms with E-state index in [-0.39, 0.29) is 18.3 Å². The molecule has 0 aromatic carbocycles. The second-order valence-corrected chi connectivity index (χ2v) is 7.81. The van der Waals surface area contributed by atoms with Gasteiger partial charge in [0.05, 0.1) is 19.1 Å². The molecular weight excluding hydrogens is 356 g/mol. The normalized spacial score (nSPS) is 19.1. The Kier molecular flexibility index (Phi) is 7.89. The van der Waals surface area contributed by atoms with Gasteiger partial charge >= 0.3 is 6.01 Å². The van der Waals surface area contributed by atoms with E-state index in [1.165, 1.54) is 32.1 Å². The van der Waals surface area contributed by atoms with Gasteiger partial charge in [-0.05, 0) is 38.5 Å². The average Bonchev–Trinajstić information content (AvgIpc) is 3.02. The van der Waals surface area contributed by atoms with Crippen LogP contribution in [0.4, 0.5) is 11.6 Å². The summed E-state index contributed by atoms with van der Waals surface area (Å²) < 4.78 is 11.4. The monoisotopic (exact) mass is 390 g/mol. The number of carbonyl (C=O) groups excluding carboxylic acids is 1. The first-order valence-electron chi connectivity index (χ1n) is 10.9. The summed E-state index contributed by atoms with van der Waals surface area (Å²) in [5.74, 6) is 1.05. The summed E-state index contributed by atoms with van der Waals surface area (Å²) in [6.07, 6.45) is 12.0. The minimum Gasteiger partial charge on any atom is -0.463 e. The van der Waals surface area contributed by atoms with Crippen molar-refractivity contribution in [3.05, 3.63) is 5.56 Å². The van der Waals surface area contributed by atoms with Crippen LogP contribution >= 0.6 is 0 Å². The molecule has 1 amide bonds. The van der Waals surface area contributed by atoms with Crippen LogP contribution < -0.4 is 15.4 Å². The number of hydrogen-bond acceptors (Lipinski definition) is 6. The third-order valence-corrected chi connectivity index (χ3v) is 5.54. The second-order valence-electron chi connectivity index (χ2n) is 7.81. The molecule has 2 aliphatic rings. The van der Waals surface area contributed by atoms with Gasteiger partial charge in [-0.2, -0.15) is 9.97 Å². The Bertz CT molecular complexity index is 647. The van der Waals surface area contributed by atoms with Crippen molar-refractivity contribution in [2.75, 3.05) is 30.4 Å². The van der Waals surface area contributed by atoms with Crippen LogP contribution in [0.3, 0.4) is 0 Å². The van der Waals surface area contributed by atoms with Crippen LogP contribution in [-0.2, 0) is 16.0 Å². The molecule has 1 aromatic rings. The van der Waals surface area contributed by atoms with Crippen LogP contribution in [0.25, 0.3) is 0 Å². The number of nitrogens with two attached hydrogens (primary N) is 1. The molecule has 1 aromatic heterocycles. The van der Waals surface area contributed by atoms with Gasteiger partial charge in [0, 0.05) is 18.7 Å². The van der Waals surface area contributed by atoms with Crippen LogP contribution in [-0.4, -0.2) is 41.7 Å². The van der Waals surface area contributed by atoms with E-state index in [0.29, 0.717) is 30.9 Å². The predicted molar refractivity (Wildman–Crippen MR) is 110 cm³/mol. The zero-order valence-electron chi connectivity index (χ0n) is 17.1. The number of unbranched alkanes of at least 4 members (excludes halogenated alkanes) is 4. The van der Waals surface area contributed by atoms with Crippen molar-refractivity contribution >= 4 is 17.5 Å². The highest BCUT2D eigenvalue weighted by molar-refractivity contribution is 6.01. The lowest BCUT2D eigenvalue weighted by atomic mass is 10.0. The van der Waals surface area contributed by atoms with Gasteiger partial charge in [0.15, 0.2) is 0 Å². The van der Waals surface area contributed by atoms with Gasteiger partial charge < -0.3 is 15.2 Å². The number of rotatable bonds is 11. The topological polar surface area (TPSA) is 90.6 Å². The molecular formula is C21H34N4O3. The largest absolute Gasteiger partial charge is 0.463 e. The standard InChI is InChI=1S/C21H34N4O3/c1-2-3-13-28-21-23-19(22)17-15-18(26)25(20(17)24-21)12-8-5-4-6-10-16-11-7-9-14-27-16/h16H,2-15H2,1H3,(H2,22,23,24). The molecule has 0 aliphatic carbocycles. The highest BCUT2D eigenvalue weighted by Gasteiger charge is 2.31. The Morgan fingerprint density at radius 1 is 1.18 bits per heavy atom. The zero-order valence-corrected chi connectivity index (χ0v) is 17.1. The Labute approximate surface area is 168 Å². The van der Waals surface area contributed by atoms with Crippen LogP contribution in [0.2, 0.25) is 0 Å². The lowest BCUT2D eigenvalue weighted by Gasteiger charge is -2.22. The Hall–Kier alpha value is -1.89. The van der Waals surface area contributed by atoms with Gasteiger partial charge in [-0.25, -0.2) is 0 Å². The molecule has 1 saturated heterocycles. The van der Waals surface area contributed by atoms with Crippen molar-refractivity contribution in [3.63, 3.8) is 0 Å². The molecule has 7 heteroatoms. The fourth-order valence-electron chi connectivity index (χ4n) is 3.86. The van der Waals surface area contributed by atoms with Crippen LogP contribution in [0, 0.1) is 0 Å². The van der Waals surface area contributed by atoms with Crippen LogP contribution in [0.1, 0.15) is 76.7 Å². The smallest absolute Gasteiger partial charge is 0.320 e. The van der Waals surface area contributed by atoms with Gasteiger partial charge in [0.25, 0.3) is 0 Å². The van der Waals surface area contributed by atoms with Gasteiger partial charge in [-0.15, -0.1) is 0 Å². The first-order chi connectivity index (χ1) is 13.7. The first kappa shape index (κ1) is 20.8. The third-order valence-electron chi connectivity index (χ3n) is 5.54. The Morgan fingerprint density at radius 3 is 2.82 bits per heavy atom. The maximum absolute atomic E-state index is 12.4. The highest BCUT2D eigenvalue weighted by Crippen LogP contribution is 2.32. The van der Waals surface area contributed by atoms with Gasteiger partial charge in [-0.1, -0.05) is 32.6 Å². The van der Waals surface area contributed by atoms with E-state index in [1.54, 1.807) is 4.90 Å². The van der Waals surface area contributed by atoms with Crippen molar-refractivity contribution in [3.8, 4) is 6.01 Å². The number of amides is 1. The van der Waals surface area contributed by atoms with Crippen molar-refractivity contribution in [1.82, 2.24) is 9.97 Å². The fraction of sp³-hybridized carbons (Fsp3) is 0.762. The molecule has 28 heavy (non-hydrogen) atoms.